The molecule has 2 aliphatic rings. The van der Waals surface area contributed by atoms with Crippen LogP contribution in [0.1, 0.15) is 38.3 Å². The van der Waals surface area contributed by atoms with Crippen molar-refractivity contribution < 1.29 is 31.5 Å². The van der Waals surface area contributed by atoms with Gasteiger partial charge in [0.2, 0.25) is 0 Å². The first-order valence-corrected chi connectivity index (χ1v) is 12.7. The number of nitrogens with one attached hydrogen (secondary N) is 1. The summed E-state index contributed by atoms with van der Waals surface area (Å²) in [6.45, 7) is 0.686. The third-order valence-corrected chi connectivity index (χ3v) is 6.64. The van der Waals surface area contributed by atoms with Gasteiger partial charge in [-0.25, -0.2) is 13.8 Å². The molecule has 0 spiro atoms. The maximum atomic E-state index is 14.7. The number of pyridine rings is 1. The van der Waals surface area contributed by atoms with Gasteiger partial charge in [0.15, 0.2) is 0 Å². The van der Waals surface area contributed by atoms with Gasteiger partial charge in [0.05, 0.1) is 37.2 Å². The lowest BCUT2D eigenvalue weighted by atomic mass is 9.88. The van der Waals surface area contributed by atoms with Gasteiger partial charge < -0.3 is 20.7 Å². The fourth-order valence-electron chi connectivity index (χ4n) is 4.59. The molecule has 1 amide bonds. The van der Waals surface area contributed by atoms with E-state index in [0.717, 1.165) is 17.2 Å². The molecule has 8 nitrogen and oxygen atoms in total. The monoisotopic (exact) mass is 568 g/mol. The number of hydrogen-bond donors (Lipinski definition) is 2. The number of carbonyl (C=O) groups excluding carboxylic acids is 1. The number of carbonyl (C=O) groups is 1. The molecule has 13 heteroatoms. The van der Waals surface area contributed by atoms with Crippen LogP contribution in [0.15, 0.2) is 57.6 Å². The molecule has 0 aromatic carbocycles. The molecule has 1 aromatic heterocycles. The molecule has 2 atom stereocenters. The number of aromatic nitrogens is 1. The van der Waals surface area contributed by atoms with Crippen LogP contribution in [0.25, 0.3) is 5.57 Å². The lowest BCUT2D eigenvalue weighted by Crippen LogP contribution is -2.59. The maximum Gasteiger partial charge on any atom is 0.417 e. The van der Waals surface area contributed by atoms with Crippen molar-refractivity contribution in [1.82, 2.24) is 15.2 Å². The summed E-state index contributed by atoms with van der Waals surface area (Å²) < 4.78 is 74.2. The molecule has 3 heterocycles. The van der Waals surface area contributed by atoms with Crippen LogP contribution in [-0.4, -0.2) is 73.6 Å². The number of amides is 1. The molecule has 1 aromatic rings. The maximum absolute atomic E-state index is 14.7. The highest BCUT2D eigenvalue weighted by atomic mass is 19.4. The second kappa shape index (κ2) is 13.1. The van der Waals surface area contributed by atoms with Crippen LogP contribution >= 0.6 is 0 Å². The van der Waals surface area contributed by atoms with Gasteiger partial charge in [-0.3, -0.25) is 14.8 Å². The SMILES string of the molecule is CN=CC(=C(N)C(=O)N1CC(F)(F)C[C@@H](C)C1CNC1=CCCC/C=C(\C(F)(F)F)C=N1)c1ccc(OC)cn1. The largest absolute Gasteiger partial charge is 0.495 e. The third-order valence-electron chi connectivity index (χ3n) is 6.64. The first-order chi connectivity index (χ1) is 18.9. The standard InChI is InChI=1S/C27H33F5N6O2/c1-17-11-26(28,29)16-38(25(39)24(33)20(14-34-2)21-10-9-19(40-3)13-35-21)22(17)15-37-23-8-6-4-5-7-18(12-36-23)27(30,31)32/h7-10,12-14,17,22,37H,4-6,11,15-16,33H2,1-3H3/b18-7-,23-8?,24-20?,34-14?,36-12?/t17-,22?/m1/s1. The summed E-state index contributed by atoms with van der Waals surface area (Å²) in [4.78, 5) is 26.7. The van der Waals surface area contributed by atoms with Crippen LogP contribution in [0.4, 0.5) is 22.0 Å². The van der Waals surface area contributed by atoms with Crippen LogP contribution in [-0.2, 0) is 4.79 Å². The Kier molecular flexibility index (Phi) is 10.0. The number of rotatable bonds is 7. The second-order valence-corrected chi connectivity index (χ2v) is 9.65. The number of piperidine rings is 1. The smallest absolute Gasteiger partial charge is 0.417 e. The zero-order valence-electron chi connectivity index (χ0n) is 22.5. The molecule has 1 saturated heterocycles. The van der Waals surface area contributed by atoms with Crippen molar-refractivity contribution >= 4 is 23.9 Å². The van der Waals surface area contributed by atoms with E-state index in [9.17, 15) is 26.7 Å². The first-order valence-electron chi connectivity index (χ1n) is 12.7. The van der Waals surface area contributed by atoms with E-state index in [1.807, 2.05) is 0 Å². The number of aliphatic imine (C=N–C) groups is 2. The number of likely N-dealkylation sites (tertiary alicyclic amines) is 1. The molecule has 0 saturated carbocycles. The van der Waals surface area contributed by atoms with Gasteiger partial charge >= 0.3 is 6.18 Å². The lowest BCUT2D eigenvalue weighted by Gasteiger charge is -2.43. The summed E-state index contributed by atoms with van der Waals surface area (Å²) in [5, 5.41) is 2.96. The number of methoxy groups -OCH3 is 1. The summed E-state index contributed by atoms with van der Waals surface area (Å²) in [5.74, 6) is -4.03. The number of nitrogens with zero attached hydrogens (tertiary/aromatic N) is 4. The normalized spacial score (nSPS) is 23.8. The molecular formula is C27H33F5N6O2. The fourth-order valence-corrected chi connectivity index (χ4v) is 4.59. The van der Waals surface area contributed by atoms with Gasteiger partial charge in [-0.1, -0.05) is 13.0 Å². The summed E-state index contributed by atoms with van der Waals surface area (Å²) >= 11 is 0. The van der Waals surface area contributed by atoms with E-state index in [-0.39, 0.29) is 30.1 Å². The molecule has 3 rings (SSSR count). The van der Waals surface area contributed by atoms with Crippen LogP contribution < -0.4 is 15.8 Å². The van der Waals surface area contributed by atoms with Gasteiger partial charge in [-0.05, 0) is 43.4 Å². The Bertz CT molecular complexity index is 1200. The number of allylic oxidation sites excluding steroid dienone is 4. The topological polar surface area (TPSA) is 105 Å². The van der Waals surface area contributed by atoms with E-state index >= 15 is 0 Å². The molecule has 218 valence electrons. The Morgan fingerprint density at radius 1 is 1.30 bits per heavy atom. The van der Waals surface area contributed by atoms with Crippen molar-refractivity contribution in [2.24, 2.45) is 21.6 Å². The van der Waals surface area contributed by atoms with Gasteiger partial charge in [0.25, 0.3) is 11.8 Å². The number of halogens is 5. The van der Waals surface area contributed by atoms with Crippen molar-refractivity contribution in [2.45, 2.75) is 50.7 Å². The summed E-state index contributed by atoms with van der Waals surface area (Å²) in [7, 11) is 2.94. The molecule has 40 heavy (non-hydrogen) atoms. The van der Waals surface area contributed by atoms with E-state index in [0.29, 0.717) is 24.3 Å². The lowest BCUT2D eigenvalue weighted by molar-refractivity contribution is -0.148. The molecule has 1 fully saturated rings. The Hall–Kier alpha value is -3.77. The Morgan fingerprint density at radius 2 is 2.02 bits per heavy atom. The molecule has 0 radical (unpaired) electrons. The minimum Gasteiger partial charge on any atom is -0.495 e. The van der Waals surface area contributed by atoms with Gasteiger partial charge in [-0.2, -0.15) is 13.2 Å². The van der Waals surface area contributed by atoms with Crippen LogP contribution in [0.2, 0.25) is 0 Å². The minimum absolute atomic E-state index is 0.0253. The predicted octanol–water partition coefficient (Wildman–Crippen LogP) is 4.51. The van der Waals surface area contributed by atoms with Crippen LogP contribution in [0, 0.1) is 5.92 Å². The zero-order valence-corrected chi connectivity index (χ0v) is 22.5. The molecule has 2 aliphatic heterocycles. The molecule has 1 unspecified atom stereocenters. The average molecular weight is 569 g/mol. The van der Waals surface area contributed by atoms with E-state index in [1.165, 1.54) is 26.6 Å². The Morgan fingerprint density at radius 3 is 2.65 bits per heavy atom. The van der Waals surface area contributed by atoms with E-state index < -0.39 is 48.5 Å². The highest BCUT2D eigenvalue weighted by Crippen LogP contribution is 2.35. The molecule has 0 aliphatic carbocycles. The van der Waals surface area contributed by atoms with Crippen LogP contribution in [0.3, 0.4) is 0 Å². The zero-order chi connectivity index (χ0) is 29.5. The first kappa shape index (κ1) is 30.8. The van der Waals surface area contributed by atoms with Crippen molar-refractivity contribution in [3.63, 3.8) is 0 Å². The minimum atomic E-state index is -4.55. The molecule has 3 N–H and O–H groups in total. The van der Waals surface area contributed by atoms with E-state index in [1.54, 1.807) is 25.1 Å². The predicted molar refractivity (Wildman–Crippen MR) is 143 cm³/mol. The van der Waals surface area contributed by atoms with Gasteiger partial charge in [0, 0.05) is 38.0 Å². The third kappa shape index (κ3) is 7.89. The van der Waals surface area contributed by atoms with Crippen LogP contribution in [0.5, 0.6) is 5.75 Å². The number of alkyl halides is 5. The quantitative estimate of drug-likeness (QED) is 0.286. The fraction of sp³-hybridized carbons (Fsp3) is 0.481. The van der Waals surface area contributed by atoms with Gasteiger partial charge in [0.1, 0.15) is 17.3 Å². The summed E-state index contributed by atoms with van der Waals surface area (Å²) in [6, 6.07) is 2.42. The number of hydrogen-bond acceptors (Lipinski definition) is 7. The molecule has 0 bridgehead atoms. The number of nitrogens with two attached hydrogens (primary N) is 1. The van der Waals surface area contributed by atoms with Gasteiger partial charge in [-0.15, -0.1) is 0 Å². The number of ether oxygens (including phenoxy) is 1. The van der Waals surface area contributed by atoms with E-state index in [2.05, 4.69) is 20.3 Å². The van der Waals surface area contributed by atoms with E-state index in [4.69, 9.17) is 10.5 Å². The van der Waals surface area contributed by atoms with Crippen molar-refractivity contribution in [2.75, 3.05) is 27.2 Å². The highest BCUT2D eigenvalue weighted by Gasteiger charge is 2.46. The Labute approximate surface area is 229 Å². The highest BCUT2D eigenvalue weighted by molar-refractivity contribution is 6.18. The summed E-state index contributed by atoms with van der Waals surface area (Å²) in [5.41, 5.74) is 5.50. The van der Waals surface area contributed by atoms with Crippen molar-refractivity contribution in [1.29, 1.82) is 0 Å². The second-order valence-electron chi connectivity index (χ2n) is 9.65. The van der Waals surface area contributed by atoms with Crippen molar-refractivity contribution in [3.8, 4) is 5.75 Å². The molecular weight excluding hydrogens is 535 g/mol. The average Bonchev–Trinajstić information content (AvgIpc) is 3.02. The summed E-state index contributed by atoms with van der Waals surface area (Å²) in [6.07, 6.45) is 2.39. The van der Waals surface area contributed by atoms with Crippen molar-refractivity contribution in [3.05, 3.63) is 53.3 Å². The Balaban J connectivity index is 1.90.